The van der Waals surface area contributed by atoms with Crippen LogP contribution in [-0.2, 0) is 4.74 Å². The van der Waals surface area contributed by atoms with Gasteiger partial charge in [0, 0.05) is 31.1 Å². The van der Waals surface area contributed by atoms with E-state index in [2.05, 4.69) is 5.32 Å². The van der Waals surface area contributed by atoms with E-state index in [9.17, 15) is 9.59 Å². The van der Waals surface area contributed by atoms with Crippen LogP contribution in [0.2, 0.25) is 0 Å². The Morgan fingerprint density at radius 3 is 2.23 bits per heavy atom. The summed E-state index contributed by atoms with van der Waals surface area (Å²) in [5.41, 5.74) is 2.36. The highest BCUT2D eigenvalue weighted by Crippen LogP contribution is 2.21. The molecule has 0 saturated heterocycles. The number of benzene rings is 3. The number of hydrogen-bond acceptors (Lipinski definition) is 4. The first-order valence-corrected chi connectivity index (χ1v) is 9.55. The zero-order valence-corrected chi connectivity index (χ0v) is 17.0. The maximum Gasteiger partial charge on any atom is 0.259 e. The van der Waals surface area contributed by atoms with Gasteiger partial charge >= 0.3 is 0 Å². The van der Waals surface area contributed by atoms with Gasteiger partial charge in [-0.3, -0.25) is 9.59 Å². The van der Waals surface area contributed by atoms with Gasteiger partial charge in [0.15, 0.2) is 0 Å². The van der Waals surface area contributed by atoms with E-state index in [1.54, 1.807) is 61.5 Å². The first-order chi connectivity index (χ1) is 14.6. The van der Waals surface area contributed by atoms with E-state index < -0.39 is 0 Å². The molecule has 0 unspecified atom stereocenters. The average Bonchev–Trinajstić information content (AvgIpc) is 2.79. The molecule has 30 heavy (non-hydrogen) atoms. The molecule has 3 aromatic carbocycles. The second kappa shape index (κ2) is 10.2. The highest BCUT2D eigenvalue weighted by molar-refractivity contribution is 6.08. The lowest BCUT2D eigenvalue weighted by Crippen LogP contribution is -2.26. The molecule has 0 aliphatic rings. The van der Waals surface area contributed by atoms with Gasteiger partial charge in [-0.1, -0.05) is 30.3 Å². The zero-order valence-electron chi connectivity index (χ0n) is 17.0. The lowest BCUT2D eigenvalue weighted by Gasteiger charge is -2.17. The molecule has 2 amide bonds. The smallest absolute Gasteiger partial charge is 0.259 e. The molecular weight excluding hydrogens is 380 g/mol. The predicted octanol–water partition coefficient (Wildman–Crippen LogP) is 4.24. The molecule has 0 radical (unpaired) electrons. The summed E-state index contributed by atoms with van der Waals surface area (Å²) < 4.78 is 10.6. The van der Waals surface area contributed by atoms with Gasteiger partial charge < -0.3 is 19.7 Å². The Bertz CT molecular complexity index is 988. The van der Waals surface area contributed by atoms with Crippen LogP contribution in [0.5, 0.6) is 5.75 Å². The van der Waals surface area contributed by atoms with Gasteiger partial charge in [0.25, 0.3) is 11.8 Å². The summed E-state index contributed by atoms with van der Waals surface area (Å²) in [6.45, 7) is 0.787. The molecule has 1 N–H and O–H groups in total. The first kappa shape index (κ1) is 21.1. The molecule has 6 heteroatoms. The number of carbonyl (C=O) groups excluding carboxylic acids is 2. The van der Waals surface area contributed by atoms with E-state index in [1.807, 2.05) is 36.4 Å². The summed E-state index contributed by atoms with van der Waals surface area (Å²) in [5.74, 6) is 0.0720. The number of methoxy groups -OCH3 is 1. The average molecular weight is 404 g/mol. The van der Waals surface area contributed by atoms with Crippen molar-refractivity contribution in [2.75, 3.05) is 37.6 Å². The molecule has 3 rings (SSSR count). The largest absolute Gasteiger partial charge is 0.490 e. The first-order valence-electron chi connectivity index (χ1n) is 9.55. The van der Waals surface area contributed by atoms with E-state index in [0.717, 1.165) is 5.69 Å². The highest BCUT2D eigenvalue weighted by atomic mass is 16.5. The minimum Gasteiger partial charge on any atom is -0.490 e. The zero-order chi connectivity index (χ0) is 21.3. The molecule has 0 saturated carbocycles. The van der Waals surface area contributed by atoms with Crippen LogP contribution in [0.25, 0.3) is 0 Å². The predicted molar refractivity (Wildman–Crippen MR) is 117 cm³/mol. The minimum atomic E-state index is -0.288. The van der Waals surface area contributed by atoms with Gasteiger partial charge in [-0.05, 0) is 48.5 Å². The van der Waals surface area contributed by atoms with E-state index in [0.29, 0.717) is 35.8 Å². The van der Waals surface area contributed by atoms with Crippen molar-refractivity contribution in [3.8, 4) is 5.75 Å². The molecule has 0 atom stereocenters. The molecular formula is C24H24N2O4. The second-order valence-corrected chi connectivity index (χ2v) is 6.57. The Morgan fingerprint density at radius 1 is 0.867 bits per heavy atom. The SMILES string of the molecule is COCCOc1ccccc1C(=O)Nc1ccc(C(=O)N(C)c2ccccc2)cc1. The standard InChI is InChI=1S/C24H24N2O4/c1-26(20-8-4-3-5-9-20)24(28)18-12-14-19(15-13-18)25-23(27)21-10-6-7-11-22(21)30-17-16-29-2/h3-15H,16-17H2,1-2H3,(H,25,27). The molecule has 0 heterocycles. The van der Waals surface area contributed by atoms with Crippen LogP contribution >= 0.6 is 0 Å². The molecule has 154 valence electrons. The van der Waals surface area contributed by atoms with Gasteiger partial charge in [0.1, 0.15) is 12.4 Å². The molecule has 0 aliphatic heterocycles. The number of carbonyl (C=O) groups is 2. The lowest BCUT2D eigenvalue weighted by atomic mass is 10.1. The summed E-state index contributed by atoms with van der Waals surface area (Å²) in [6, 6.07) is 23.2. The number of para-hydroxylation sites is 2. The number of nitrogens with zero attached hydrogens (tertiary/aromatic N) is 1. The van der Waals surface area contributed by atoms with Crippen LogP contribution in [0.3, 0.4) is 0 Å². The van der Waals surface area contributed by atoms with E-state index >= 15 is 0 Å². The van der Waals surface area contributed by atoms with Crippen molar-refractivity contribution < 1.29 is 19.1 Å². The van der Waals surface area contributed by atoms with Crippen LogP contribution in [0.1, 0.15) is 20.7 Å². The topological polar surface area (TPSA) is 67.9 Å². The maximum absolute atomic E-state index is 12.7. The molecule has 0 bridgehead atoms. The maximum atomic E-state index is 12.7. The van der Waals surface area contributed by atoms with Crippen molar-refractivity contribution in [3.05, 3.63) is 90.0 Å². The molecule has 0 aromatic heterocycles. The van der Waals surface area contributed by atoms with Crippen molar-refractivity contribution >= 4 is 23.2 Å². The third-order valence-corrected chi connectivity index (χ3v) is 4.51. The third kappa shape index (κ3) is 5.24. The van der Waals surface area contributed by atoms with Gasteiger partial charge in [0.05, 0.1) is 12.2 Å². The fourth-order valence-corrected chi connectivity index (χ4v) is 2.87. The molecule has 0 spiro atoms. The van der Waals surface area contributed by atoms with E-state index in [1.165, 1.54) is 0 Å². The summed E-state index contributed by atoms with van der Waals surface area (Å²) in [4.78, 5) is 26.9. The normalized spacial score (nSPS) is 10.3. The van der Waals surface area contributed by atoms with Gasteiger partial charge in [0.2, 0.25) is 0 Å². The molecule has 0 aliphatic carbocycles. The van der Waals surface area contributed by atoms with Crippen molar-refractivity contribution in [3.63, 3.8) is 0 Å². The van der Waals surface area contributed by atoms with Crippen molar-refractivity contribution in [2.45, 2.75) is 0 Å². The molecule has 3 aromatic rings. The van der Waals surface area contributed by atoms with Crippen LogP contribution in [0.4, 0.5) is 11.4 Å². The number of rotatable bonds is 8. The van der Waals surface area contributed by atoms with Gasteiger partial charge in [-0.2, -0.15) is 0 Å². The fourth-order valence-electron chi connectivity index (χ4n) is 2.87. The van der Waals surface area contributed by atoms with Crippen molar-refractivity contribution in [1.82, 2.24) is 0 Å². The van der Waals surface area contributed by atoms with E-state index in [4.69, 9.17) is 9.47 Å². The third-order valence-electron chi connectivity index (χ3n) is 4.51. The summed E-state index contributed by atoms with van der Waals surface area (Å²) >= 11 is 0. The van der Waals surface area contributed by atoms with Crippen LogP contribution < -0.4 is 15.0 Å². The van der Waals surface area contributed by atoms with Crippen LogP contribution in [-0.4, -0.2) is 39.2 Å². The Labute approximate surface area is 176 Å². The highest BCUT2D eigenvalue weighted by Gasteiger charge is 2.15. The Morgan fingerprint density at radius 2 is 1.53 bits per heavy atom. The number of amides is 2. The Balaban J connectivity index is 1.67. The number of nitrogens with one attached hydrogen (secondary N) is 1. The Hall–Kier alpha value is -3.64. The minimum absolute atomic E-state index is 0.129. The van der Waals surface area contributed by atoms with Crippen molar-refractivity contribution in [2.24, 2.45) is 0 Å². The quantitative estimate of drug-likeness (QED) is 0.570. The van der Waals surface area contributed by atoms with Gasteiger partial charge in [-0.25, -0.2) is 0 Å². The second-order valence-electron chi connectivity index (χ2n) is 6.57. The summed E-state index contributed by atoms with van der Waals surface area (Å²) in [6.07, 6.45) is 0. The van der Waals surface area contributed by atoms with Gasteiger partial charge in [-0.15, -0.1) is 0 Å². The Kier molecular flexibility index (Phi) is 7.19. The fraction of sp³-hybridized carbons (Fsp3) is 0.167. The van der Waals surface area contributed by atoms with Crippen molar-refractivity contribution in [1.29, 1.82) is 0 Å². The molecule has 6 nitrogen and oxygen atoms in total. The lowest BCUT2D eigenvalue weighted by molar-refractivity contribution is 0.0991. The van der Waals surface area contributed by atoms with Crippen LogP contribution in [0, 0.1) is 0 Å². The van der Waals surface area contributed by atoms with Crippen LogP contribution in [0.15, 0.2) is 78.9 Å². The molecule has 0 fully saturated rings. The summed E-state index contributed by atoms with van der Waals surface area (Å²) in [7, 11) is 3.32. The van der Waals surface area contributed by atoms with E-state index in [-0.39, 0.29) is 11.8 Å². The number of anilines is 2. The monoisotopic (exact) mass is 404 g/mol. The summed E-state index contributed by atoms with van der Waals surface area (Å²) in [5, 5.41) is 2.84. The number of hydrogen-bond donors (Lipinski definition) is 1. The number of ether oxygens (including phenoxy) is 2.